The van der Waals surface area contributed by atoms with Gasteiger partial charge in [-0.1, -0.05) is 6.07 Å². The number of thiophene rings is 1. The van der Waals surface area contributed by atoms with Gasteiger partial charge in [0.1, 0.15) is 29.2 Å². The summed E-state index contributed by atoms with van der Waals surface area (Å²) in [4.78, 5) is 57.1. The van der Waals surface area contributed by atoms with Gasteiger partial charge in [-0.25, -0.2) is 14.2 Å². The lowest BCUT2D eigenvalue weighted by molar-refractivity contribution is -0.152. The number of carbonyl (C=O) groups excluding carboxylic acids is 3. The van der Waals surface area contributed by atoms with Crippen molar-refractivity contribution in [3.8, 4) is 22.8 Å². The average molecular weight is 676 g/mol. The Labute approximate surface area is 277 Å². The molecule has 0 bridgehead atoms. The number of ether oxygens (including phenoxy) is 3. The fourth-order valence-corrected chi connectivity index (χ4v) is 6.21. The van der Waals surface area contributed by atoms with E-state index in [-0.39, 0.29) is 37.7 Å². The highest BCUT2D eigenvalue weighted by molar-refractivity contribution is 7.10. The zero-order valence-electron chi connectivity index (χ0n) is 25.3. The summed E-state index contributed by atoms with van der Waals surface area (Å²) in [5.41, 5.74) is 1.61. The molecule has 6 rings (SSSR count). The highest BCUT2D eigenvalue weighted by Crippen LogP contribution is 2.35. The van der Waals surface area contributed by atoms with E-state index in [1.54, 1.807) is 30.3 Å². The Morgan fingerprint density at radius 2 is 1.71 bits per heavy atom. The van der Waals surface area contributed by atoms with Crippen LogP contribution in [0.3, 0.4) is 0 Å². The van der Waals surface area contributed by atoms with E-state index in [0.717, 1.165) is 10.4 Å². The second kappa shape index (κ2) is 14.2. The van der Waals surface area contributed by atoms with Crippen molar-refractivity contribution in [2.24, 2.45) is 0 Å². The predicted molar refractivity (Wildman–Crippen MR) is 171 cm³/mol. The van der Waals surface area contributed by atoms with Gasteiger partial charge < -0.3 is 34.9 Å². The highest BCUT2D eigenvalue weighted by Gasteiger charge is 2.52. The molecule has 1 spiro atoms. The largest absolute Gasteiger partial charge is 0.465 e. The summed E-state index contributed by atoms with van der Waals surface area (Å²) in [6.45, 7) is 0.530. The standard InChI is InChI=1S/C33H30FN5O8S/c34-22-6-10-24(11-7-22)47-23-8-4-20(5-9-23)30(41)36-17-29(40)39-19-33(45-12-13-46-33)15-27(39)31(42)35-16-25-14-21(18-48-25)26-2-1-3-28(37-26)38-32(43)44/h1-11,14,18,27H,12-13,15-17,19H2,(H,35,42)(H,36,41)(H,37,38)(H,43,44)/t27-/m0/s1. The fourth-order valence-electron chi connectivity index (χ4n) is 5.39. The van der Waals surface area contributed by atoms with E-state index in [1.807, 2.05) is 11.4 Å². The van der Waals surface area contributed by atoms with Crippen LogP contribution in [0.4, 0.5) is 15.0 Å². The maximum absolute atomic E-state index is 13.4. The maximum Gasteiger partial charge on any atom is 0.410 e. The summed E-state index contributed by atoms with van der Waals surface area (Å²) in [6.07, 6.45) is -1.08. The van der Waals surface area contributed by atoms with E-state index in [4.69, 9.17) is 19.3 Å². The zero-order valence-corrected chi connectivity index (χ0v) is 26.1. The van der Waals surface area contributed by atoms with Gasteiger partial charge in [0.15, 0.2) is 5.79 Å². The third-order valence-electron chi connectivity index (χ3n) is 7.66. The van der Waals surface area contributed by atoms with Gasteiger partial charge in [-0.2, -0.15) is 0 Å². The minimum Gasteiger partial charge on any atom is -0.465 e. The molecule has 2 aromatic carbocycles. The molecule has 4 N–H and O–H groups in total. The first-order chi connectivity index (χ1) is 23.2. The van der Waals surface area contributed by atoms with Crippen molar-refractivity contribution in [3.05, 3.63) is 94.4 Å². The number of carbonyl (C=O) groups is 4. The van der Waals surface area contributed by atoms with E-state index < -0.39 is 35.6 Å². The van der Waals surface area contributed by atoms with Crippen molar-refractivity contribution < 1.29 is 42.9 Å². The summed E-state index contributed by atoms with van der Waals surface area (Å²) in [6, 6.07) is 17.7. The van der Waals surface area contributed by atoms with E-state index in [2.05, 4.69) is 20.9 Å². The third-order valence-corrected chi connectivity index (χ3v) is 8.60. The lowest BCUT2D eigenvalue weighted by Gasteiger charge is -2.24. The molecule has 48 heavy (non-hydrogen) atoms. The fraction of sp³-hybridized carbons (Fsp3) is 0.242. The first-order valence-corrected chi connectivity index (χ1v) is 15.8. The van der Waals surface area contributed by atoms with Crippen LogP contribution in [0.25, 0.3) is 11.3 Å². The molecule has 4 aromatic rings. The van der Waals surface area contributed by atoms with Crippen LogP contribution < -0.4 is 20.7 Å². The van der Waals surface area contributed by atoms with Gasteiger partial charge in [-0.3, -0.25) is 19.7 Å². The summed E-state index contributed by atoms with van der Waals surface area (Å²) in [5, 5.41) is 18.5. The normalized spacial score (nSPS) is 16.4. The quantitative estimate of drug-likeness (QED) is 0.192. The predicted octanol–water partition coefficient (Wildman–Crippen LogP) is 4.22. The number of carboxylic acid groups (broad SMARTS) is 1. The number of aromatic nitrogens is 1. The molecule has 2 fully saturated rings. The molecular weight excluding hydrogens is 645 g/mol. The molecule has 0 aliphatic carbocycles. The van der Waals surface area contributed by atoms with Gasteiger partial charge in [0.05, 0.1) is 38.5 Å². The molecule has 4 heterocycles. The van der Waals surface area contributed by atoms with Crippen LogP contribution in [0, 0.1) is 5.82 Å². The highest BCUT2D eigenvalue weighted by atomic mass is 32.1. The molecule has 248 valence electrons. The van der Waals surface area contributed by atoms with E-state index in [9.17, 15) is 23.6 Å². The third kappa shape index (κ3) is 7.76. The minimum absolute atomic E-state index is 0.0325. The summed E-state index contributed by atoms with van der Waals surface area (Å²) >= 11 is 1.39. The molecule has 4 amide bonds. The van der Waals surface area contributed by atoms with Crippen LogP contribution >= 0.6 is 11.3 Å². The van der Waals surface area contributed by atoms with E-state index in [0.29, 0.717) is 36.0 Å². The zero-order chi connectivity index (χ0) is 33.7. The van der Waals surface area contributed by atoms with Crippen molar-refractivity contribution in [2.75, 3.05) is 31.6 Å². The SMILES string of the molecule is O=C(O)Nc1cccc(-c2csc(CNC(=O)[C@@H]3CC4(CN3C(=O)CNC(=O)c3ccc(Oc5ccc(F)cc5)cc3)OCCO4)c2)n1. The number of rotatable bonds is 10. The molecule has 2 aliphatic heterocycles. The Hall–Kier alpha value is -5.38. The molecule has 0 saturated carbocycles. The Balaban J connectivity index is 1.05. The molecule has 2 aromatic heterocycles. The van der Waals surface area contributed by atoms with Gasteiger partial charge in [0.25, 0.3) is 5.91 Å². The van der Waals surface area contributed by atoms with Gasteiger partial charge in [0, 0.05) is 27.8 Å². The Morgan fingerprint density at radius 3 is 2.42 bits per heavy atom. The van der Waals surface area contributed by atoms with E-state index in [1.165, 1.54) is 52.6 Å². The maximum atomic E-state index is 13.4. The number of nitrogens with one attached hydrogen (secondary N) is 3. The van der Waals surface area contributed by atoms with Crippen molar-refractivity contribution in [1.29, 1.82) is 0 Å². The Morgan fingerprint density at radius 1 is 1.00 bits per heavy atom. The van der Waals surface area contributed by atoms with Gasteiger partial charge in [-0.15, -0.1) is 11.3 Å². The smallest absolute Gasteiger partial charge is 0.410 e. The van der Waals surface area contributed by atoms with Crippen molar-refractivity contribution in [3.63, 3.8) is 0 Å². The number of halogens is 1. The summed E-state index contributed by atoms with van der Waals surface area (Å²) < 4.78 is 30.4. The molecular formula is C33H30FN5O8S. The number of pyridine rings is 1. The summed E-state index contributed by atoms with van der Waals surface area (Å²) in [5.74, 6) is -1.78. The van der Waals surface area contributed by atoms with Crippen molar-refractivity contribution in [1.82, 2.24) is 20.5 Å². The molecule has 13 nitrogen and oxygen atoms in total. The number of likely N-dealkylation sites (tertiary alicyclic amines) is 1. The summed E-state index contributed by atoms with van der Waals surface area (Å²) in [7, 11) is 0. The molecule has 1 atom stereocenters. The number of benzene rings is 2. The van der Waals surface area contributed by atoms with Crippen LogP contribution in [0.2, 0.25) is 0 Å². The second-order valence-electron chi connectivity index (χ2n) is 11.0. The number of hydrogen-bond acceptors (Lipinski definition) is 9. The Bertz CT molecular complexity index is 1810. The van der Waals surface area contributed by atoms with Crippen LogP contribution in [0.5, 0.6) is 11.5 Å². The minimum atomic E-state index is -1.22. The first-order valence-electron chi connectivity index (χ1n) is 14.9. The van der Waals surface area contributed by atoms with Crippen LogP contribution in [0.15, 0.2) is 78.2 Å². The van der Waals surface area contributed by atoms with Crippen molar-refractivity contribution >= 4 is 41.0 Å². The number of nitrogens with zero attached hydrogens (tertiary/aromatic N) is 2. The van der Waals surface area contributed by atoms with Gasteiger partial charge in [-0.05, 0) is 66.7 Å². The Kier molecular flexibility index (Phi) is 9.61. The topological polar surface area (TPSA) is 168 Å². The van der Waals surface area contributed by atoms with Gasteiger partial charge in [0.2, 0.25) is 11.8 Å². The first kappa shape index (κ1) is 32.6. The molecule has 0 radical (unpaired) electrons. The number of anilines is 1. The van der Waals surface area contributed by atoms with Crippen LogP contribution in [-0.4, -0.2) is 76.9 Å². The average Bonchev–Trinajstić information content (AvgIpc) is 3.84. The number of amides is 4. The van der Waals surface area contributed by atoms with Crippen LogP contribution in [-0.2, 0) is 25.6 Å². The van der Waals surface area contributed by atoms with Crippen LogP contribution in [0.1, 0.15) is 21.7 Å². The lowest BCUT2D eigenvalue weighted by Crippen LogP contribution is -2.49. The molecule has 2 saturated heterocycles. The molecule has 15 heteroatoms. The monoisotopic (exact) mass is 675 g/mol. The molecule has 0 unspecified atom stereocenters. The molecule has 2 aliphatic rings. The second-order valence-corrected chi connectivity index (χ2v) is 12.0. The lowest BCUT2D eigenvalue weighted by atomic mass is 10.1. The number of hydrogen-bond donors (Lipinski definition) is 4. The van der Waals surface area contributed by atoms with Crippen molar-refractivity contribution in [2.45, 2.75) is 24.8 Å². The van der Waals surface area contributed by atoms with Gasteiger partial charge >= 0.3 is 6.09 Å². The van der Waals surface area contributed by atoms with E-state index >= 15 is 0 Å².